The third-order valence-corrected chi connectivity index (χ3v) is 4.10. The second kappa shape index (κ2) is 5.34. The average molecular weight is 211 g/mol. The van der Waals surface area contributed by atoms with Gasteiger partial charge < -0.3 is 5.32 Å². The van der Waals surface area contributed by atoms with Crippen LogP contribution in [0.15, 0.2) is 0 Å². The van der Waals surface area contributed by atoms with Crippen molar-refractivity contribution >= 4 is 0 Å². The average Bonchev–Trinajstić information content (AvgIpc) is 2.91. The van der Waals surface area contributed by atoms with Gasteiger partial charge in [-0.2, -0.15) is 0 Å². The second-order valence-electron chi connectivity index (χ2n) is 6.02. The van der Waals surface area contributed by atoms with E-state index < -0.39 is 0 Å². The van der Waals surface area contributed by atoms with Crippen LogP contribution in [-0.4, -0.2) is 12.1 Å². The summed E-state index contributed by atoms with van der Waals surface area (Å²) in [6, 6.07) is 1.59. The van der Waals surface area contributed by atoms with Gasteiger partial charge in [0.25, 0.3) is 0 Å². The topological polar surface area (TPSA) is 21.9 Å². The van der Waals surface area contributed by atoms with Gasteiger partial charge in [0.1, 0.15) is 0 Å². The molecule has 1 aliphatic heterocycles. The van der Waals surface area contributed by atoms with Crippen LogP contribution in [0.3, 0.4) is 0 Å². The smallest absolute Gasteiger partial charge is 0.0255 e. The van der Waals surface area contributed by atoms with Gasteiger partial charge in [0.05, 0.1) is 0 Å². The fourth-order valence-electron chi connectivity index (χ4n) is 3.06. The zero-order chi connectivity index (χ0) is 11.6. The highest BCUT2D eigenvalue weighted by Crippen LogP contribution is 2.36. The largest absolute Gasteiger partial charge is 0.308 e. The quantitative estimate of drug-likeness (QED) is 0.665. The maximum absolute atomic E-state index is 3.66. The lowest BCUT2D eigenvalue weighted by atomic mass is 9.78. The first-order valence-corrected chi connectivity index (χ1v) is 6.75. The number of nitrogens with one attached hydrogen (secondary N) is 1. The molecule has 90 valence electrons. The van der Waals surface area contributed by atoms with E-state index in [1.807, 2.05) is 0 Å². The molecular formula is C14H29N. The van der Waals surface area contributed by atoms with Gasteiger partial charge in [-0.15, -0.1) is 0 Å². The van der Waals surface area contributed by atoms with E-state index >= 15 is 0 Å². The third-order valence-electron chi connectivity index (χ3n) is 4.10. The van der Waals surface area contributed by atoms with E-state index in [4.69, 9.17) is 0 Å². The summed E-state index contributed by atoms with van der Waals surface area (Å²) in [5.74, 6) is 3.37. The van der Waals surface area contributed by atoms with E-state index in [0.717, 1.165) is 35.8 Å². The number of hydrogen-bond donors (Lipinski definition) is 1. The lowest BCUT2D eigenvalue weighted by Crippen LogP contribution is -2.24. The first-order valence-electron chi connectivity index (χ1n) is 6.75. The van der Waals surface area contributed by atoms with E-state index in [1.165, 1.54) is 12.8 Å². The predicted octanol–water partition coefficient (Wildman–Crippen LogP) is 3.69. The zero-order valence-electron chi connectivity index (χ0n) is 11.4. The van der Waals surface area contributed by atoms with Crippen molar-refractivity contribution in [1.29, 1.82) is 0 Å². The van der Waals surface area contributed by atoms with Gasteiger partial charge in [0.2, 0.25) is 0 Å². The van der Waals surface area contributed by atoms with Crippen LogP contribution in [0.25, 0.3) is 0 Å². The Hall–Kier alpha value is -0.0400. The molecule has 0 radical (unpaired) electrons. The van der Waals surface area contributed by atoms with E-state index in [-0.39, 0.29) is 0 Å². The number of hydrogen-bond acceptors (Lipinski definition) is 1. The fraction of sp³-hybridized carbons (Fsp3) is 1.00. The van der Waals surface area contributed by atoms with Crippen LogP contribution in [0.5, 0.6) is 0 Å². The second-order valence-corrected chi connectivity index (χ2v) is 6.02. The Morgan fingerprint density at radius 1 is 1.00 bits per heavy atom. The molecule has 1 heteroatoms. The molecule has 1 nitrogen and oxygen atoms in total. The summed E-state index contributed by atoms with van der Waals surface area (Å²) < 4.78 is 0. The molecule has 4 unspecified atom stereocenters. The highest BCUT2D eigenvalue weighted by molar-refractivity contribution is 5.04. The lowest BCUT2D eigenvalue weighted by Gasteiger charge is -2.27. The molecule has 0 amide bonds. The molecule has 1 aliphatic rings. The highest BCUT2D eigenvalue weighted by atomic mass is 15.2. The van der Waals surface area contributed by atoms with Gasteiger partial charge in [-0.3, -0.25) is 0 Å². The molecular weight excluding hydrogens is 182 g/mol. The summed E-state index contributed by atoms with van der Waals surface area (Å²) in [7, 11) is 0. The lowest BCUT2D eigenvalue weighted by molar-refractivity contribution is 0.243. The minimum Gasteiger partial charge on any atom is -0.308 e. The highest BCUT2D eigenvalue weighted by Gasteiger charge is 2.44. The van der Waals surface area contributed by atoms with E-state index in [0.29, 0.717) is 0 Å². The maximum atomic E-state index is 3.66. The van der Waals surface area contributed by atoms with Crippen LogP contribution in [-0.2, 0) is 0 Å². The van der Waals surface area contributed by atoms with Crippen molar-refractivity contribution in [3.05, 3.63) is 0 Å². The molecule has 1 rings (SSSR count). The van der Waals surface area contributed by atoms with Gasteiger partial charge in [-0.05, 0) is 23.7 Å². The Morgan fingerprint density at radius 3 is 1.93 bits per heavy atom. The van der Waals surface area contributed by atoms with E-state index in [9.17, 15) is 0 Å². The monoisotopic (exact) mass is 211 g/mol. The van der Waals surface area contributed by atoms with E-state index in [1.54, 1.807) is 0 Å². The fourth-order valence-corrected chi connectivity index (χ4v) is 3.06. The van der Waals surface area contributed by atoms with E-state index in [2.05, 4.69) is 46.9 Å². The van der Waals surface area contributed by atoms with Crippen molar-refractivity contribution in [1.82, 2.24) is 5.32 Å². The SMILES string of the molecule is CCCC(C(C)C)C(C)C1NC1C(C)C. The van der Waals surface area contributed by atoms with Crippen LogP contribution in [0, 0.1) is 23.7 Å². The van der Waals surface area contributed by atoms with Gasteiger partial charge in [-0.25, -0.2) is 0 Å². The molecule has 0 bridgehead atoms. The Bertz CT molecular complexity index is 186. The van der Waals surface area contributed by atoms with Crippen LogP contribution in [0.4, 0.5) is 0 Å². The summed E-state index contributed by atoms with van der Waals surface area (Å²) in [5.41, 5.74) is 0. The molecule has 1 fully saturated rings. The molecule has 0 aromatic heterocycles. The Morgan fingerprint density at radius 2 is 1.60 bits per heavy atom. The molecule has 0 spiro atoms. The van der Waals surface area contributed by atoms with Gasteiger partial charge in [-0.1, -0.05) is 54.4 Å². The molecule has 1 saturated heterocycles. The van der Waals surface area contributed by atoms with Gasteiger partial charge >= 0.3 is 0 Å². The minimum absolute atomic E-state index is 0.790. The Kier molecular flexibility index (Phi) is 4.64. The van der Waals surface area contributed by atoms with Crippen molar-refractivity contribution in [2.45, 2.75) is 66.5 Å². The Labute approximate surface area is 96.0 Å². The van der Waals surface area contributed by atoms with Crippen molar-refractivity contribution in [2.75, 3.05) is 0 Å². The summed E-state index contributed by atoms with van der Waals surface area (Å²) in [6.07, 6.45) is 2.72. The van der Waals surface area contributed by atoms with Crippen molar-refractivity contribution < 1.29 is 0 Å². The van der Waals surface area contributed by atoms with Gasteiger partial charge in [0.15, 0.2) is 0 Å². The molecule has 0 aliphatic carbocycles. The summed E-state index contributed by atoms with van der Waals surface area (Å²) in [6.45, 7) is 14.2. The Balaban J connectivity index is 2.47. The van der Waals surface area contributed by atoms with Crippen LogP contribution >= 0.6 is 0 Å². The predicted molar refractivity (Wildman–Crippen MR) is 67.9 cm³/mol. The molecule has 1 N–H and O–H groups in total. The van der Waals surface area contributed by atoms with Gasteiger partial charge in [0, 0.05) is 12.1 Å². The molecule has 0 aromatic carbocycles. The van der Waals surface area contributed by atoms with Crippen LogP contribution < -0.4 is 5.32 Å². The maximum Gasteiger partial charge on any atom is 0.0255 e. The van der Waals surface area contributed by atoms with Crippen molar-refractivity contribution in [2.24, 2.45) is 23.7 Å². The summed E-state index contributed by atoms with van der Waals surface area (Å²) >= 11 is 0. The van der Waals surface area contributed by atoms with Crippen molar-refractivity contribution in [3.8, 4) is 0 Å². The first kappa shape index (κ1) is 13.0. The third kappa shape index (κ3) is 3.21. The standard InChI is InChI=1S/C14H29N/c1-7-8-12(9(2)3)11(6)14-13(15-14)10(4)5/h9-15H,7-8H2,1-6H3. The summed E-state index contributed by atoms with van der Waals surface area (Å²) in [4.78, 5) is 0. The normalized spacial score (nSPS) is 29.6. The molecule has 15 heavy (non-hydrogen) atoms. The molecule has 0 saturated carbocycles. The first-order chi connectivity index (χ1) is 6.99. The van der Waals surface area contributed by atoms with Crippen LogP contribution in [0.2, 0.25) is 0 Å². The molecule has 0 aromatic rings. The summed E-state index contributed by atoms with van der Waals surface area (Å²) in [5, 5.41) is 3.66. The minimum atomic E-state index is 0.790. The number of rotatable bonds is 6. The van der Waals surface area contributed by atoms with Crippen molar-refractivity contribution in [3.63, 3.8) is 0 Å². The molecule has 1 heterocycles. The molecule has 4 atom stereocenters. The zero-order valence-corrected chi connectivity index (χ0v) is 11.4. The van der Waals surface area contributed by atoms with Crippen LogP contribution in [0.1, 0.15) is 54.4 Å².